The Morgan fingerprint density at radius 1 is 1.28 bits per heavy atom. The van der Waals surface area contributed by atoms with Crippen LogP contribution in [-0.4, -0.2) is 36.5 Å². The Bertz CT molecular complexity index is 601. The monoisotopic (exact) mass is 386 g/mol. The van der Waals surface area contributed by atoms with Crippen molar-refractivity contribution in [2.24, 2.45) is 5.41 Å². The third kappa shape index (κ3) is 5.02. The van der Waals surface area contributed by atoms with Gasteiger partial charge in [-0.1, -0.05) is 11.6 Å². The highest BCUT2D eigenvalue weighted by molar-refractivity contribution is 6.30. The largest absolute Gasteiger partial charge is 0.491 e. The Balaban J connectivity index is 0.00000225. The molecule has 2 heterocycles. The van der Waals surface area contributed by atoms with Crippen LogP contribution in [0.4, 0.5) is 0 Å². The summed E-state index contributed by atoms with van der Waals surface area (Å²) in [4.78, 5) is 14.5. The number of carbonyl (C=O) groups is 1. The molecule has 1 amide bonds. The fourth-order valence-electron chi connectivity index (χ4n) is 3.86. The summed E-state index contributed by atoms with van der Waals surface area (Å²) in [6, 6.07) is 5.68. The number of carbonyl (C=O) groups excluding carboxylic acids is 1. The van der Waals surface area contributed by atoms with E-state index in [1.807, 2.05) is 36.9 Å². The lowest BCUT2D eigenvalue weighted by Gasteiger charge is -2.45. The zero-order valence-electron chi connectivity index (χ0n) is 15.0. The van der Waals surface area contributed by atoms with Gasteiger partial charge < -0.3 is 15.0 Å². The normalized spacial score (nSPS) is 19.8. The molecule has 6 heteroatoms. The fourth-order valence-corrected chi connectivity index (χ4v) is 4.05. The lowest BCUT2D eigenvalue weighted by molar-refractivity contribution is -0.139. The van der Waals surface area contributed by atoms with Gasteiger partial charge in [0, 0.05) is 30.1 Å². The molecule has 1 N–H and O–H groups in total. The smallest absolute Gasteiger partial charge is 0.222 e. The molecule has 140 valence electrons. The third-order valence-electron chi connectivity index (χ3n) is 5.16. The van der Waals surface area contributed by atoms with Gasteiger partial charge in [0.25, 0.3) is 0 Å². The topological polar surface area (TPSA) is 41.6 Å². The molecule has 2 aliphatic heterocycles. The number of nitrogens with one attached hydrogen (secondary N) is 1. The van der Waals surface area contributed by atoms with Crippen molar-refractivity contribution in [2.75, 3.05) is 19.6 Å². The Morgan fingerprint density at radius 3 is 2.68 bits per heavy atom. The minimum absolute atomic E-state index is 0. The van der Waals surface area contributed by atoms with Gasteiger partial charge in [0.1, 0.15) is 5.75 Å². The van der Waals surface area contributed by atoms with E-state index in [9.17, 15) is 4.79 Å². The van der Waals surface area contributed by atoms with Crippen molar-refractivity contribution in [2.45, 2.75) is 52.2 Å². The maximum absolute atomic E-state index is 12.5. The predicted molar refractivity (Wildman–Crippen MR) is 104 cm³/mol. The van der Waals surface area contributed by atoms with E-state index in [1.165, 1.54) is 0 Å². The summed E-state index contributed by atoms with van der Waals surface area (Å²) >= 11 is 6.18. The van der Waals surface area contributed by atoms with Crippen molar-refractivity contribution in [3.05, 3.63) is 28.8 Å². The Hall–Kier alpha value is -0.970. The van der Waals surface area contributed by atoms with Crippen LogP contribution in [-0.2, 0) is 11.3 Å². The molecule has 1 spiro atoms. The number of amides is 1. The average Bonchev–Trinajstić information content (AvgIpc) is 2.54. The highest BCUT2D eigenvalue weighted by atomic mass is 35.5. The highest BCUT2D eigenvalue weighted by Crippen LogP contribution is 2.39. The third-order valence-corrected chi connectivity index (χ3v) is 5.39. The second-order valence-corrected chi connectivity index (χ2v) is 7.85. The van der Waals surface area contributed by atoms with E-state index in [2.05, 4.69) is 5.32 Å². The lowest BCUT2D eigenvalue weighted by atomic mass is 9.72. The molecule has 1 aromatic rings. The number of piperidine rings is 2. The molecule has 2 aliphatic rings. The van der Waals surface area contributed by atoms with Gasteiger partial charge in [0.15, 0.2) is 0 Å². The first kappa shape index (κ1) is 20.3. The molecule has 3 rings (SSSR count). The number of halogens is 2. The van der Waals surface area contributed by atoms with E-state index in [1.54, 1.807) is 0 Å². The predicted octanol–water partition coefficient (Wildman–Crippen LogP) is 4.04. The molecule has 0 unspecified atom stereocenters. The highest BCUT2D eigenvalue weighted by Gasteiger charge is 2.39. The summed E-state index contributed by atoms with van der Waals surface area (Å²) in [7, 11) is 0. The van der Waals surface area contributed by atoms with Gasteiger partial charge in [0.2, 0.25) is 5.91 Å². The van der Waals surface area contributed by atoms with Gasteiger partial charge in [-0.25, -0.2) is 0 Å². The van der Waals surface area contributed by atoms with E-state index in [-0.39, 0.29) is 29.8 Å². The van der Waals surface area contributed by atoms with Crippen LogP contribution < -0.4 is 10.1 Å². The summed E-state index contributed by atoms with van der Waals surface area (Å²) in [5.74, 6) is 1.07. The summed E-state index contributed by atoms with van der Waals surface area (Å²) in [6.45, 7) is 7.56. The minimum Gasteiger partial charge on any atom is -0.491 e. The Labute approximate surface area is 161 Å². The van der Waals surface area contributed by atoms with Crippen LogP contribution in [0.15, 0.2) is 18.2 Å². The van der Waals surface area contributed by atoms with Crippen LogP contribution >= 0.6 is 24.0 Å². The number of rotatable bonds is 4. The van der Waals surface area contributed by atoms with Crippen molar-refractivity contribution in [1.29, 1.82) is 0 Å². The molecular weight excluding hydrogens is 359 g/mol. The summed E-state index contributed by atoms with van der Waals surface area (Å²) in [5, 5.41) is 4.11. The number of ether oxygens (including phenoxy) is 1. The molecular formula is C19H28Cl2N2O2. The van der Waals surface area contributed by atoms with Gasteiger partial charge in [0.05, 0.1) is 6.10 Å². The molecule has 0 aromatic heterocycles. The first-order valence-electron chi connectivity index (χ1n) is 8.91. The van der Waals surface area contributed by atoms with Crippen LogP contribution in [0.1, 0.15) is 45.1 Å². The number of likely N-dealkylation sites (tertiary alicyclic amines) is 1. The second kappa shape index (κ2) is 8.61. The first-order valence-corrected chi connectivity index (χ1v) is 9.29. The number of benzene rings is 1. The molecule has 0 radical (unpaired) electrons. The molecule has 25 heavy (non-hydrogen) atoms. The molecule has 0 saturated carbocycles. The Morgan fingerprint density at radius 2 is 2.00 bits per heavy atom. The molecule has 4 nitrogen and oxygen atoms in total. The van der Waals surface area contributed by atoms with Crippen molar-refractivity contribution in [3.63, 3.8) is 0 Å². The number of nitrogens with zero attached hydrogens (tertiary/aromatic N) is 1. The van der Waals surface area contributed by atoms with Crippen LogP contribution in [0.5, 0.6) is 5.75 Å². The van der Waals surface area contributed by atoms with Gasteiger partial charge in [-0.3, -0.25) is 4.79 Å². The van der Waals surface area contributed by atoms with Crippen LogP contribution in [0.3, 0.4) is 0 Å². The van der Waals surface area contributed by atoms with Crippen molar-refractivity contribution < 1.29 is 9.53 Å². The number of hydrogen-bond donors (Lipinski definition) is 1. The standard InChI is InChI=1S/C19H27ClN2O2.ClH/c1-14(2)24-17-4-3-16(20)11-15(17)12-22-13-19(6-5-18(22)23)7-9-21-10-8-19;/h3-4,11,14,21H,5-10,12-13H2,1-2H3;1H. The van der Waals surface area contributed by atoms with Gasteiger partial charge >= 0.3 is 0 Å². The molecule has 2 fully saturated rings. The van der Waals surface area contributed by atoms with Gasteiger partial charge in [-0.15, -0.1) is 12.4 Å². The van der Waals surface area contributed by atoms with E-state index < -0.39 is 0 Å². The maximum Gasteiger partial charge on any atom is 0.222 e. The van der Waals surface area contributed by atoms with Crippen LogP contribution in [0.25, 0.3) is 0 Å². The lowest BCUT2D eigenvalue weighted by Crippen LogP contribution is -2.50. The van der Waals surface area contributed by atoms with E-state index in [0.29, 0.717) is 18.0 Å². The Kier molecular flexibility index (Phi) is 7.01. The molecule has 0 bridgehead atoms. The molecule has 2 saturated heterocycles. The zero-order chi connectivity index (χ0) is 17.2. The average molecular weight is 387 g/mol. The minimum atomic E-state index is 0. The van der Waals surface area contributed by atoms with Crippen LogP contribution in [0.2, 0.25) is 5.02 Å². The van der Waals surface area contributed by atoms with Crippen molar-refractivity contribution in [1.82, 2.24) is 10.2 Å². The van der Waals surface area contributed by atoms with E-state index in [4.69, 9.17) is 16.3 Å². The quantitative estimate of drug-likeness (QED) is 0.848. The van der Waals surface area contributed by atoms with Crippen molar-refractivity contribution in [3.8, 4) is 5.75 Å². The summed E-state index contributed by atoms with van der Waals surface area (Å²) in [6.07, 6.45) is 4.08. The molecule has 0 aliphatic carbocycles. The van der Waals surface area contributed by atoms with Gasteiger partial charge in [-0.2, -0.15) is 0 Å². The first-order chi connectivity index (χ1) is 11.5. The SMILES string of the molecule is CC(C)Oc1ccc(Cl)cc1CN1CC2(CCNCC2)CCC1=O.Cl. The summed E-state index contributed by atoms with van der Waals surface area (Å²) < 4.78 is 5.91. The zero-order valence-corrected chi connectivity index (χ0v) is 16.6. The number of hydrogen-bond acceptors (Lipinski definition) is 3. The van der Waals surface area contributed by atoms with Crippen LogP contribution in [0, 0.1) is 5.41 Å². The molecule has 1 aromatic carbocycles. The van der Waals surface area contributed by atoms with Crippen molar-refractivity contribution >= 4 is 29.9 Å². The fraction of sp³-hybridized carbons (Fsp3) is 0.632. The van der Waals surface area contributed by atoms with Gasteiger partial charge in [-0.05, 0) is 69.8 Å². The van der Waals surface area contributed by atoms with E-state index in [0.717, 1.165) is 50.2 Å². The second-order valence-electron chi connectivity index (χ2n) is 7.42. The maximum atomic E-state index is 12.5. The molecule has 0 atom stereocenters. The van der Waals surface area contributed by atoms with E-state index >= 15 is 0 Å². The summed E-state index contributed by atoms with van der Waals surface area (Å²) in [5.41, 5.74) is 1.28.